The first-order chi connectivity index (χ1) is 17.6. The quantitative estimate of drug-likeness (QED) is 0.406. The van der Waals surface area contributed by atoms with Crippen LogP contribution in [0.25, 0.3) is 0 Å². The lowest BCUT2D eigenvalue weighted by Gasteiger charge is -2.44. The first-order valence-corrected chi connectivity index (χ1v) is 13.4. The number of likely N-dealkylation sites (tertiary alicyclic amines) is 1. The van der Waals surface area contributed by atoms with Gasteiger partial charge in [0, 0.05) is 62.3 Å². The Bertz CT molecular complexity index is 1070. The predicted molar refractivity (Wildman–Crippen MR) is 140 cm³/mol. The molecule has 4 rings (SSSR count). The van der Waals surface area contributed by atoms with Gasteiger partial charge in [-0.05, 0) is 49.4 Å². The lowest BCUT2D eigenvalue weighted by molar-refractivity contribution is -0.147. The summed E-state index contributed by atoms with van der Waals surface area (Å²) in [5.74, 6) is -2.56. The van der Waals surface area contributed by atoms with Crippen molar-refractivity contribution in [3.63, 3.8) is 0 Å². The number of carbonyl (C=O) groups is 2. The Kier molecular flexibility index (Phi) is 8.73. The molecule has 5 nitrogen and oxygen atoms in total. The number of ether oxygens (including phenoxy) is 1. The lowest BCUT2D eigenvalue weighted by atomic mass is 9.76. The number of hydrogen-bond acceptors (Lipinski definition) is 3. The summed E-state index contributed by atoms with van der Waals surface area (Å²) in [7, 11) is 1.79. The number of alkyl halides is 2. The van der Waals surface area contributed by atoms with Crippen molar-refractivity contribution in [1.29, 1.82) is 0 Å². The van der Waals surface area contributed by atoms with Gasteiger partial charge in [-0.1, -0.05) is 48.0 Å². The Hall–Kier alpha value is -2.67. The molecule has 0 bridgehead atoms. The van der Waals surface area contributed by atoms with Crippen LogP contribution in [0.1, 0.15) is 50.5 Å². The van der Waals surface area contributed by atoms with E-state index in [4.69, 9.17) is 16.3 Å². The number of amides is 2. The summed E-state index contributed by atoms with van der Waals surface area (Å²) in [6.07, 6.45) is 1.59. The standard InChI is InChI=1S/C29H35ClF2N2O3/c1-33(19-22-7-3-2-4-8-22)26(35)18-28(21-37-25-10-5-9-24(30)17-25)13-6-16-34(20-28)27(36)23-11-14-29(31,32)15-12-23/h2-5,7-10,17,23H,6,11-16,18-21H2,1H3/t28-/m0/s1. The van der Waals surface area contributed by atoms with Gasteiger partial charge >= 0.3 is 0 Å². The molecule has 1 atom stereocenters. The van der Waals surface area contributed by atoms with Gasteiger partial charge in [-0.15, -0.1) is 0 Å². The second-order valence-electron chi connectivity index (χ2n) is 10.7. The summed E-state index contributed by atoms with van der Waals surface area (Å²) in [4.78, 5) is 30.2. The predicted octanol–water partition coefficient (Wildman–Crippen LogP) is 6.20. The van der Waals surface area contributed by atoms with Crippen LogP contribution in [0.3, 0.4) is 0 Å². The van der Waals surface area contributed by atoms with Gasteiger partial charge in [-0.25, -0.2) is 8.78 Å². The first kappa shape index (κ1) is 27.4. The van der Waals surface area contributed by atoms with E-state index in [-0.39, 0.29) is 56.4 Å². The van der Waals surface area contributed by atoms with Crippen LogP contribution in [-0.4, -0.2) is 54.3 Å². The maximum atomic E-state index is 13.7. The molecule has 0 unspecified atom stereocenters. The molecule has 0 aromatic heterocycles. The monoisotopic (exact) mass is 532 g/mol. The molecular formula is C29H35ClF2N2O3. The highest BCUT2D eigenvalue weighted by Crippen LogP contribution is 2.40. The summed E-state index contributed by atoms with van der Waals surface area (Å²) in [5.41, 5.74) is 0.453. The minimum absolute atomic E-state index is 0.0230. The molecule has 2 aliphatic rings. The van der Waals surface area contributed by atoms with Crippen LogP contribution in [0.5, 0.6) is 5.75 Å². The van der Waals surface area contributed by atoms with Crippen molar-refractivity contribution in [2.24, 2.45) is 11.3 Å². The van der Waals surface area contributed by atoms with E-state index in [1.165, 1.54) is 0 Å². The van der Waals surface area contributed by atoms with Crippen LogP contribution >= 0.6 is 11.6 Å². The number of halogens is 3. The average molecular weight is 533 g/mol. The maximum absolute atomic E-state index is 13.7. The van der Waals surface area contributed by atoms with E-state index < -0.39 is 11.3 Å². The minimum Gasteiger partial charge on any atom is -0.493 e. The van der Waals surface area contributed by atoms with Gasteiger partial charge in [0.15, 0.2) is 0 Å². The van der Waals surface area contributed by atoms with E-state index in [1.54, 1.807) is 35.0 Å². The molecule has 8 heteroatoms. The zero-order valence-corrected chi connectivity index (χ0v) is 22.1. The first-order valence-electron chi connectivity index (χ1n) is 13.0. The molecular weight excluding hydrogens is 498 g/mol. The zero-order chi connectivity index (χ0) is 26.5. The van der Waals surface area contributed by atoms with Crippen molar-refractivity contribution >= 4 is 23.4 Å². The van der Waals surface area contributed by atoms with Crippen LogP contribution in [0.4, 0.5) is 8.78 Å². The average Bonchev–Trinajstić information content (AvgIpc) is 2.88. The highest BCUT2D eigenvalue weighted by atomic mass is 35.5. The van der Waals surface area contributed by atoms with Crippen molar-refractivity contribution < 1.29 is 23.1 Å². The third-order valence-electron chi connectivity index (χ3n) is 7.60. The smallest absolute Gasteiger partial charge is 0.248 e. The third kappa shape index (κ3) is 7.44. The van der Waals surface area contributed by atoms with Crippen molar-refractivity contribution in [2.45, 2.75) is 57.4 Å². The van der Waals surface area contributed by atoms with E-state index in [0.29, 0.717) is 30.4 Å². The number of nitrogens with zero attached hydrogens (tertiary/aromatic N) is 2. The highest BCUT2D eigenvalue weighted by Gasteiger charge is 2.44. The molecule has 2 aromatic rings. The van der Waals surface area contributed by atoms with Gasteiger partial charge in [0.05, 0.1) is 6.61 Å². The summed E-state index contributed by atoms with van der Waals surface area (Å²) in [6.45, 7) is 1.68. The molecule has 2 amide bonds. The Morgan fingerprint density at radius 1 is 1.08 bits per heavy atom. The van der Waals surface area contributed by atoms with Crippen LogP contribution in [0.2, 0.25) is 5.02 Å². The molecule has 1 heterocycles. The van der Waals surface area contributed by atoms with Crippen molar-refractivity contribution in [3.8, 4) is 5.75 Å². The topological polar surface area (TPSA) is 49.9 Å². The van der Waals surface area contributed by atoms with Gasteiger partial charge in [0.2, 0.25) is 17.7 Å². The fourth-order valence-corrected chi connectivity index (χ4v) is 5.63. The molecule has 2 fully saturated rings. The van der Waals surface area contributed by atoms with Gasteiger partial charge in [0.25, 0.3) is 0 Å². The van der Waals surface area contributed by atoms with Gasteiger partial charge in [0.1, 0.15) is 5.75 Å². The molecule has 0 spiro atoms. The van der Waals surface area contributed by atoms with Crippen LogP contribution in [-0.2, 0) is 16.1 Å². The fourth-order valence-electron chi connectivity index (χ4n) is 5.45. The zero-order valence-electron chi connectivity index (χ0n) is 21.3. The van der Waals surface area contributed by atoms with Gasteiger partial charge < -0.3 is 14.5 Å². The number of hydrogen-bond donors (Lipinski definition) is 0. The molecule has 1 aliphatic carbocycles. The largest absolute Gasteiger partial charge is 0.493 e. The Balaban J connectivity index is 1.48. The Morgan fingerprint density at radius 2 is 1.81 bits per heavy atom. The van der Waals surface area contributed by atoms with Crippen molar-refractivity contribution in [2.75, 3.05) is 26.7 Å². The van der Waals surface area contributed by atoms with Crippen LogP contribution < -0.4 is 4.74 Å². The summed E-state index contributed by atoms with van der Waals surface area (Å²) in [5, 5.41) is 0.555. The van der Waals surface area contributed by atoms with Gasteiger partial charge in [-0.3, -0.25) is 9.59 Å². The van der Waals surface area contributed by atoms with Gasteiger partial charge in [-0.2, -0.15) is 0 Å². The molecule has 1 saturated heterocycles. The molecule has 2 aromatic carbocycles. The number of carbonyl (C=O) groups excluding carboxylic acids is 2. The van der Waals surface area contributed by atoms with E-state index in [0.717, 1.165) is 18.4 Å². The molecule has 200 valence electrons. The van der Waals surface area contributed by atoms with Crippen molar-refractivity contribution in [3.05, 3.63) is 65.2 Å². The molecule has 0 N–H and O–H groups in total. The van der Waals surface area contributed by atoms with E-state index in [1.807, 2.05) is 36.4 Å². The second-order valence-corrected chi connectivity index (χ2v) is 11.1. The van der Waals surface area contributed by atoms with E-state index >= 15 is 0 Å². The minimum atomic E-state index is -2.68. The molecule has 37 heavy (non-hydrogen) atoms. The number of benzene rings is 2. The summed E-state index contributed by atoms with van der Waals surface area (Å²) < 4.78 is 33.5. The van der Waals surface area contributed by atoms with Crippen LogP contribution in [0.15, 0.2) is 54.6 Å². The van der Waals surface area contributed by atoms with Crippen molar-refractivity contribution in [1.82, 2.24) is 9.80 Å². The fraction of sp³-hybridized carbons (Fsp3) is 0.517. The summed E-state index contributed by atoms with van der Waals surface area (Å²) >= 11 is 6.13. The third-order valence-corrected chi connectivity index (χ3v) is 7.83. The number of rotatable bonds is 8. The maximum Gasteiger partial charge on any atom is 0.248 e. The molecule has 1 aliphatic heterocycles. The summed E-state index contributed by atoms with van der Waals surface area (Å²) in [6, 6.07) is 16.9. The number of piperidine rings is 1. The lowest BCUT2D eigenvalue weighted by Crippen LogP contribution is -2.52. The molecule has 0 radical (unpaired) electrons. The molecule has 1 saturated carbocycles. The van der Waals surface area contributed by atoms with E-state index in [2.05, 4.69) is 0 Å². The highest BCUT2D eigenvalue weighted by molar-refractivity contribution is 6.30. The normalized spacial score (nSPS) is 21.9. The van der Waals surface area contributed by atoms with Crippen LogP contribution in [0, 0.1) is 11.3 Å². The van der Waals surface area contributed by atoms with E-state index in [9.17, 15) is 18.4 Å². The Morgan fingerprint density at radius 3 is 2.51 bits per heavy atom. The Labute approximate surface area is 222 Å². The second kappa shape index (κ2) is 11.8. The SMILES string of the molecule is CN(Cc1ccccc1)C(=O)C[C@@]1(COc2cccc(Cl)c2)CCCN(C(=O)C2CCC(F)(F)CC2)C1.